The summed E-state index contributed by atoms with van der Waals surface area (Å²) >= 11 is 0. The van der Waals surface area contributed by atoms with Gasteiger partial charge in [0.1, 0.15) is 5.82 Å². The number of aromatic nitrogens is 2. The summed E-state index contributed by atoms with van der Waals surface area (Å²) < 4.78 is 66.4. The second-order valence-electron chi connectivity index (χ2n) is 6.45. The third-order valence-corrected chi connectivity index (χ3v) is 4.28. The van der Waals surface area contributed by atoms with Crippen molar-refractivity contribution in [3.8, 4) is 0 Å². The molecule has 0 aliphatic carbocycles. The van der Waals surface area contributed by atoms with E-state index in [1.807, 2.05) is 11.8 Å². The maximum atomic E-state index is 13.3. The van der Waals surface area contributed by atoms with Crippen LogP contribution in [-0.2, 0) is 0 Å². The zero-order valence-corrected chi connectivity index (χ0v) is 15.5. The highest BCUT2D eigenvalue weighted by atomic mass is 19.4. The molecule has 0 amide bonds. The topological polar surface area (TPSA) is 29.0 Å². The van der Waals surface area contributed by atoms with Gasteiger partial charge in [0.25, 0.3) is 6.43 Å². The quantitative estimate of drug-likeness (QED) is 0.417. The molecule has 0 N–H and O–H groups in total. The van der Waals surface area contributed by atoms with Gasteiger partial charge in [-0.05, 0) is 37.3 Å². The first-order chi connectivity index (χ1) is 12.8. The lowest BCUT2D eigenvalue weighted by atomic mass is 10.0. The smallest absolute Gasteiger partial charge is 0.356 e. The van der Waals surface area contributed by atoms with Crippen molar-refractivity contribution in [2.45, 2.75) is 58.6 Å². The highest BCUT2D eigenvalue weighted by molar-refractivity contribution is 5.68. The number of anilines is 1. The Hall–Kier alpha value is -1.99. The molecule has 1 fully saturated rings. The van der Waals surface area contributed by atoms with Gasteiger partial charge in [-0.1, -0.05) is 26.3 Å². The van der Waals surface area contributed by atoms with Gasteiger partial charge in [0.15, 0.2) is 5.82 Å². The van der Waals surface area contributed by atoms with Crippen molar-refractivity contribution < 1.29 is 22.0 Å². The van der Waals surface area contributed by atoms with Gasteiger partial charge in [0, 0.05) is 19.2 Å². The predicted molar refractivity (Wildman–Crippen MR) is 95.8 cm³/mol. The van der Waals surface area contributed by atoms with Gasteiger partial charge >= 0.3 is 6.18 Å². The van der Waals surface area contributed by atoms with Crippen molar-refractivity contribution in [3.05, 3.63) is 35.3 Å². The lowest BCUT2D eigenvalue weighted by Crippen LogP contribution is -2.20. The van der Waals surface area contributed by atoms with Crippen LogP contribution in [0.25, 0.3) is 5.57 Å². The zero-order valence-electron chi connectivity index (χ0n) is 15.5. The number of rotatable bonds is 7. The van der Waals surface area contributed by atoms with E-state index in [-0.39, 0.29) is 12.1 Å². The van der Waals surface area contributed by atoms with Gasteiger partial charge in [0.2, 0.25) is 0 Å². The van der Waals surface area contributed by atoms with Crippen LogP contribution in [0.5, 0.6) is 0 Å². The Morgan fingerprint density at radius 1 is 1.19 bits per heavy atom. The molecule has 0 unspecified atom stereocenters. The summed E-state index contributed by atoms with van der Waals surface area (Å²) in [6, 6.07) is 1.53. The molecule has 0 aromatic carbocycles. The molecule has 150 valence electrons. The molecule has 1 aliphatic rings. The summed E-state index contributed by atoms with van der Waals surface area (Å²) in [5.41, 5.74) is -0.358. The first-order valence-corrected chi connectivity index (χ1v) is 9.16. The van der Waals surface area contributed by atoms with Crippen molar-refractivity contribution in [1.82, 2.24) is 9.97 Å². The molecule has 3 nitrogen and oxygen atoms in total. The second kappa shape index (κ2) is 9.28. The zero-order chi connectivity index (χ0) is 20.0. The summed E-state index contributed by atoms with van der Waals surface area (Å²) in [4.78, 5) is 9.66. The Balaban J connectivity index is 2.54. The molecule has 1 aromatic heterocycles. The largest absolute Gasteiger partial charge is 0.416 e. The fourth-order valence-electron chi connectivity index (χ4n) is 3.03. The van der Waals surface area contributed by atoms with Crippen LogP contribution in [0.3, 0.4) is 0 Å². The van der Waals surface area contributed by atoms with Crippen molar-refractivity contribution in [3.63, 3.8) is 0 Å². The van der Waals surface area contributed by atoms with Crippen LogP contribution in [0.4, 0.5) is 27.8 Å². The molecule has 2 heterocycles. The SMILES string of the molecule is CC/C=C(/C=C(\CCC)c1cc(N2CCCC2)nc(C(F)F)n1)C(F)(F)F. The molecular weight excluding hydrogens is 365 g/mol. The molecule has 0 atom stereocenters. The normalized spacial score (nSPS) is 16.5. The second-order valence-corrected chi connectivity index (χ2v) is 6.45. The molecule has 8 heteroatoms. The third-order valence-electron chi connectivity index (χ3n) is 4.28. The summed E-state index contributed by atoms with van der Waals surface area (Å²) in [5, 5.41) is 0. The molecule has 0 saturated carbocycles. The van der Waals surface area contributed by atoms with E-state index in [0.717, 1.165) is 25.0 Å². The molecule has 1 saturated heterocycles. The molecule has 2 rings (SSSR count). The molecule has 0 bridgehead atoms. The molecule has 1 aromatic rings. The van der Waals surface area contributed by atoms with E-state index in [1.54, 1.807) is 6.92 Å². The number of hydrogen-bond acceptors (Lipinski definition) is 3. The minimum Gasteiger partial charge on any atom is -0.356 e. The fourth-order valence-corrected chi connectivity index (χ4v) is 3.03. The van der Waals surface area contributed by atoms with E-state index in [2.05, 4.69) is 9.97 Å². The Morgan fingerprint density at radius 3 is 2.37 bits per heavy atom. The first kappa shape index (κ1) is 21.3. The van der Waals surface area contributed by atoms with Gasteiger partial charge in [-0.25, -0.2) is 18.7 Å². The minimum atomic E-state index is -4.51. The molecule has 1 aliphatic heterocycles. The number of allylic oxidation sites excluding steroid dienone is 4. The average Bonchev–Trinajstić information content (AvgIpc) is 3.14. The Kier molecular flexibility index (Phi) is 7.33. The van der Waals surface area contributed by atoms with E-state index < -0.39 is 24.0 Å². The standard InChI is InChI=1S/C19H24F5N3/c1-3-7-13(11-14(8-4-2)19(22,23)24)15-12-16(27-9-5-6-10-27)26-18(25-15)17(20)21/h8,11-12,17H,3-7,9-10H2,1-2H3/b13-11+,14-8-. The summed E-state index contributed by atoms with van der Waals surface area (Å²) in [6.07, 6.45) is -2.34. The van der Waals surface area contributed by atoms with Crippen molar-refractivity contribution in [2.75, 3.05) is 18.0 Å². The van der Waals surface area contributed by atoms with Crippen LogP contribution in [0.1, 0.15) is 63.9 Å². The number of halogens is 5. The number of hydrogen-bond donors (Lipinski definition) is 0. The van der Waals surface area contributed by atoms with Gasteiger partial charge in [0.05, 0.1) is 11.3 Å². The van der Waals surface area contributed by atoms with Gasteiger partial charge in [-0.3, -0.25) is 0 Å². The fraction of sp³-hybridized carbons (Fsp3) is 0.579. The molecule has 0 spiro atoms. The minimum absolute atomic E-state index is 0.135. The van der Waals surface area contributed by atoms with Gasteiger partial charge in [-0.2, -0.15) is 13.2 Å². The van der Waals surface area contributed by atoms with E-state index in [4.69, 9.17) is 0 Å². The van der Waals surface area contributed by atoms with Crippen LogP contribution < -0.4 is 4.90 Å². The Bertz CT molecular complexity index is 689. The maximum absolute atomic E-state index is 13.3. The van der Waals surface area contributed by atoms with E-state index in [9.17, 15) is 22.0 Å². The molecule has 27 heavy (non-hydrogen) atoms. The van der Waals surface area contributed by atoms with Crippen molar-refractivity contribution in [2.24, 2.45) is 0 Å². The monoisotopic (exact) mass is 389 g/mol. The Labute approximate surface area is 156 Å². The van der Waals surface area contributed by atoms with E-state index in [1.165, 1.54) is 6.07 Å². The summed E-state index contributed by atoms with van der Waals surface area (Å²) in [6.45, 7) is 4.82. The number of nitrogens with zero attached hydrogens (tertiary/aromatic N) is 3. The predicted octanol–water partition coefficient (Wildman–Crippen LogP) is 6.10. The number of alkyl halides is 5. The van der Waals surface area contributed by atoms with E-state index >= 15 is 0 Å². The van der Waals surface area contributed by atoms with Gasteiger partial charge < -0.3 is 4.90 Å². The lowest BCUT2D eigenvalue weighted by molar-refractivity contribution is -0.0883. The third kappa shape index (κ3) is 5.74. The van der Waals surface area contributed by atoms with Crippen LogP contribution >= 0.6 is 0 Å². The highest BCUT2D eigenvalue weighted by Gasteiger charge is 2.32. The first-order valence-electron chi connectivity index (χ1n) is 9.16. The van der Waals surface area contributed by atoms with Crippen LogP contribution in [0.2, 0.25) is 0 Å². The Morgan fingerprint density at radius 2 is 1.85 bits per heavy atom. The summed E-state index contributed by atoms with van der Waals surface area (Å²) in [5.74, 6) is -0.299. The van der Waals surface area contributed by atoms with Crippen molar-refractivity contribution in [1.29, 1.82) is 0 Å². The van der Waals surface area contributed by atoms with E-state index in [0.29, 0.717) is 37.3 Å². The molecular formula is C19H24F5N3. The van der Waals surface area contributed by atoms with Crippen LogP contribution in [0, 0.1) is 0 Å². The average molecular weight is 389 g/mol. The summed E-state index contributed by atoms with van der Waals surface area (Å²) in [7, 11) is 0. The lowest BCUT2D eigenvalue weighted by Gasteiger charge is -2.19. The van der Waals surface area contributed by atoms with Crippen LogP contribution in [-0.4, -0.2) is 29.2 Å². The maximum Gasteiger partial charge on any atom is 0.416 e. The van der Waals surface area contributed by atoms with Crippen molar-refractivity contribution >= 4 is 11.4 Å². The van der Waals surface area contributed by atoms with Crippen LogP contribution in [0.15, 0.2) is 23.8 Å². The molecule has 0 radical (unpaired) electrons. The highest BCUT2D eigenvalue weighted by Crippen LogP contribution is 2.33. The van der Waals surface area contributed by atoms with Gasteiger partial charge in [-0.15, -0.1) is 0 Å².